The summed E-state index contributed by atoms with van der Waals surface area (Å²) < 4.78 is 0. The van der Waals surface area contributed by atoms with E-state index in [1.54, 1.807) is 4.90 Å². The first-order valence-electron chi connectivity index (χ1n) is 6.33. The molecule has 0 bridgehead atoms. The lowest BCUT2D eigenvalue weighted by molar-refractivity contribution is -0.138. The van der Waals surface area contributed by atoms with Crippen molar-refractivity contribution in [2.75, 3.05) is 19.6 Å². The minimum atomic E-state index is -0.771. The van der Waals surface area contributed by atoms with E-state index in [4.69, 9.17) is 10.8 Å². The van der Waals surface area contributed by atoms with Crippen LogP contribution in [0.1, 0.15) is 38.5 Å². The summed E-state index contributed by atoms with van der Waals surface area (Å²) >= 11 is 0. The average Bonchev–Trinajstić information content (AvgIpc) is 2.71. The molecule has 1 saturated heterocycles. The Morgan fingerprint density at radius 1 is 1.29 bits per heavy atom. The van der Waals surface area contributed by atoms with Crippen molar-refractivity contribution < 1.29 is 14.7 Å². The third-order valence-corrected chi connectivity index (χ3v) is 3.20. The van der Waals surface area contributed by atoms with Gasteiger partial charge in [0, 0.05) is 25.9 Å². The second-order valence-electron chi connectivity index (χ2n) is 4.69. The Morgan fingerprint density at radius 3 is 2.71 bits per heavy atom. The summed E-state index contributed by atoms with van der Waals surface area (Å²) in [5, 5.41) is 8.68. The third kappa shape index (κ3) is 5.17. The molecular weight excluding hydrogens is 220 g/mol. The lowest BCUT2D eigenvalue weighted by atomic mass is 10.1. The maximum Gasteiger partial charge on any atom is 0.303 e. The lowest BCUT2D eigenvalue weighted by Gasteiger charge is -2.16. The summed E-state index contributed by atoms with van der Waals surface area (Å²) in [6, 6.07) is 0. The first-order chi connectivity index (χ1) is 8.13. The largest absolute Gasteiger partial charge is 0.481 e. The normalized spacial score (nSPS) is 19.6. The number of carboxylic acid groups (broad SMARTS) is 1. The third-order valence-electron chi connectivity index (χ3n) is 3.20. The average molecular weight is 242 g/mol. The first kappa shape index (κ1) is 14.0. The van der Waals surface area contributed by atoms with Crippen molar-refractivity contribution in [1.29, 1.82) is 0 Å². The van der Waals surface area contributed by atoms with Crippen molar-refractivity contribution in [2.24, 2.45) is 11.7 Å². The van der Waals surface area contributed by atoms with Gasteiger partial charge in [0.1, 0.15) is 0 Å². The molecule has 5 nitrogen and oxygen atoms in total. The van der Waals surface area contributed by atoms with Crippen LogP contribution in [-0.2, 0) is 9.59 Å². The zero-order chi connectivity index (χ0) is 12.7. The van der Waals surface area contributed by atoms with Gasteiger partial charge in [-0.2, -0.15) is 0 Å². The second kappa shape index (κ2) is 7.27. The van der Waals surface area contributed by atoms with E-state index in [0.717, 1.165) is 25.7 Å². The molecule has 1 aliphatic rings. The van der Waals surface area contributed by atoms with Crippen LogP contribution in [0.25, 0.3) is 0 Å². The number of nitrogens with zero attached hydrogens (tertiary/aromatic N) is 1. The minimum Gasteiger partial charge on any atom is -0.481 e. The van der Waals surface area contributed by atoms with Crippen molar-refractivity contribution >= 4 is 11.9 Å². The van der Waals surface area contributed by atoms with E-state index in [9.17, 15) is 9.59 Å². The van der Waals surface area contributed by atoms with Gasteiger partial charge in [-0.05, 0) is 31.7 Å². The number of aliphatic carboxylic acids is 1. The number of carboxylic acids is 1. The summed E-state index contributed by atoms with van der Waals surface area (Å²) in [7, 11) is 0. The molecule has 1 heterocycles. The van der Waals surface area contributed by atoms with Gasteiger partial charge < -0.3 is 15.7 Å². The predicted octanol–water partition coefficient (Wildman–Crippen LogP) is 0.829. The highest BCUT2D eigenvalue weighted by Gasteiger charge is 2.27. The molecule has 17 heavy (non-hydrogen) atoms. The Morgan fingerprint density at radius 2 is 2.06 bits per heavy atom. The molecule has 0 spiro atoms. The molecule has 1 rings (SSSR count). The van der Waals surface area contributed by atoms with Crippen molar-refractivity contribution in [2.45, 2.75) is 38.5 Å². The van der Waals surface area contributed by atoms with Gasteiger partial charge in [0.25, 0.3) is 0 Å². The maximum absolute atomic E-state index is 11.8. The molecular formula is C12H22N2O3. The molecule has 0 aromatic rings. The van der Waals surface area contributed by atoms with Crippen LogP contribution < -0.4 is 5.73 Å². The summed E-state index contributed by atoms with van der Waals surface area (Å²) in [5.41, 5.74) is 5.38. The number of carbonyl (C=O) groups is 2. The zero-order valence-electron chi connectivity index (χ0n) is 10.2. The molecule has 1 atom stereocenters. The van der Waals surface area contributed by atoms with Gasteiger partial charge in [-0.3, -0.25) is 9.59 Å². The number of carbonyl (C=O) groups excluding carboxylic acids is 1. The highest BCUT2D eigenvalue weighted by atomic mass is 16.4. The summed E-state index contributed by atoms with van der Waals surface area (Å²) in [4.78, 5) is 24.1. The number of unbranched alkanes of at least 4 members (excludes halogenated alkanes) is 2. The van der Waals surface area contributed by atoms with E-state index in [1.807, 2.05) is 0 Å². The summed E-state index contributed by atoms with van der Waals surface area (Å²) in [6.45, 7) is 2.01. The van der Waals surface area contributed by atoms with Crippen molar-refractivity contribution in [3.8, 4) is 0 Å². The Bertz CT molecular complexity index is 268. The molecule has 0 saturated carbocycles. The van der Waals surface area contributed by atoms with Crippen molar-refractivity contribution in [3.05, 3.63) is 0 Å². The van der Waals surface area contributed by atoms with Gasteiger partial charge in [0.15, 0.2) is 0 Å². The van der Waals surface area contributed by atoms with Gasteiger partial charge in [0.2, 0.25) is 5.91 Å². The van der Waals surface area contributed by atoms with E-state index in [0.29, 0.717) is 26.1 Å². The number of likely N-dealkylation sites (tertiary alicyclic amines) is 1. The molecule has 0 radical (unpaired) electrons. The summed E-state index contributed by atoms with van der Waals surface area (Å²) in [6.07, 6.45) is 4.41. The molecule has 1 aliphatic heterocycles. The smallest absolute Gasteiger partial charge is 0.303 e. The highest BCUT2D eigenvalue weighted by molar-refractivity contribution is 5.76. The molecule has 1 unspecified atom stereocenters. The topological polar surface area (TPSA) is 83.6 Å². The van der Waals surface area contributed by atoms with E-state index < -0.39 is 5.97 Å². The lowest BCUT2D eigenvalue weighted by Crippen LogP contribution is -2.28. The fraction of sp³-hybridized carbons (Fsp3) is 0.833. The van der Waals surface area contributed by atoms with Crippen LogP contribution in [0.15, 0.2) is 0 Å². The molecule has 0 aromatic carbocycles. The molecule has 3 N–H and O–H groups in total. The second-order valence-corrected chi connectivity index (χ2v) is 4.69. The Kier molecular flexibility index (Phi) is 5.97. The number of hydrogen-bond acceptors (Lipinski definition) is 3. The SMILES string of the molecule is NCCCCCC(=O)N1CCC(CC(=O)O)C1. The van der Waals surface area contributed by atoms with Crippen LogP contribution in [0.5, 0.6) is 0 Å². The molecule has 1 amide bonds. The number of nitrogens with two attached hydrogens (primary N) is 1. The molecule has 5 heteroatoms. The van der Waals surface area contributed by atoms with Crippen LogP contribution in [-0.4, -0.2) is 41.5 Å². The van der Waals surface area contributed by atoms with Crippen LogP contribution in [0.3, 0.4) is 0 Å². The zero-order valence-corrected chi connectivity index (χ0v) is 10.2. The standard InChI is InChI=1S/C12H22N2O3/c13-6-3-1-2-4-11(15)14-7-5-10(9-14)8-12(16)17/h10H,1-9,13H2,(H,16,17). The van der Waals surface area contributed by atoms with Gasteiger partial charge >= 0.3 is 5.97 Å². The van der Waals surface area contributed by atoms with Gasteiger partial charge in [-0.1, -0.05) is 6.42 Å². The Hall–Kier alpha value is -1.10. The molecule has 98 valence electrons. The molecule has 1 fully saturated rings. The Balaban J connectivity index is 2.18. The van der Waals surface area contributed by atoms with E-state index >= 15 is 0 Å². The number of hydrogen-bond donors (Lipinski definition) is 2. The fourth-order valence-electron chi connectivity index (χ4n) is 2.23. The van der Waals surface area contributed by atoms with Gasteiger partial charge in [0.05, 0.1) is 0 Å². The van der Waals surface area contributed by atoms with Crippen LogP contribution in [0.4, 0.5) is 0 Å². The number of rotatable bonds is 7. The van der Waals surface area contributed by atoms with Gasteiger partial charge in [-0.25, -0.2) is 0 Å². The first-order valence-corrected chi connectivity index (χ1v) is 6.33. The van der Waals surface area contributed by atoms with Gasteiger partial charge in [-0.15, -0.1) is 0 Å². The van der Waals surface area contributed by atoms with Crippen molar-refractivity contribution in [1.82, 2.24) is 4.90 Å². The fourth-order valence-corrected chi connectivity index (χ4v) is 2.23. The minimum absolute atomic E-state index is 0.139. The van der Waals surface area contributed by atoms with Crippen LogP contribution in [0, 0.1) is 5.92 Å². The predicted molar refractivity (Wildman–Crippen MR) is 64.5 cm³/mol. The van der Waals surface area contributed by atoms with Crippen molar-refractivity contribution in [3.63, 3.8) is 0 Å². The molecule has 0 aromatic heterocycles. The number of amides is 1. The maximum atomic E-state index is 11.8. The molecule has 0 aliphatic carbocycles. The van der Waals surface area contributed by atoms with E-state index in [-0.39, 0.29) is 18.2 Å². The summed E-state index contributed by atoms with van der Waals surface area (Å²) in [5.74, 6) is -0.470. The monoisotopic (exact) mass is 242 g/mol. The van der Waals surface area contributed by atoms with Crippen LogP contribution in [0.2, 0.25) is 0 Å². The van der Waals surface area contributed by atoms with E-state index in [1.165, 1.54) is 0 Å². The Labute approximate surface area is 102 Å². The highest BCUT2D eigenvalue weighted by Crippen LogP contribution is 2.20. The quantitative estimate of drug-likeness (QED) is 0.648. The van der Waals surface area contributed by atoms with Crippen LogP contribution >= 0.6 is 0 Å². The van der Waals surface area contributed by atoms with E-state index in [2.05, 4.69) is 0 Å².